The lowest BCUT2D eigenvalue weighted by Gasteiger charge is -2.19. The van der Waals surface area contributed by atoms with Gasteiger partial charge in [0, 0.05) is 0 Å². The summed E-state index contributed by atoms with van der Waals surface area (Å²) in [6.07, 6.45) is -1.22. The molecule has 1 aliphatic heterocycles. The van der Waals surface area contributed by atoms with Crippen LogP contribution in [-0.2, 0) is 4.74 Å². The van der Waals surface area contributed by atoms with Crippen molar-refractivity contribution in [1.29, 1.82) is 5.26 Å². The molecular weight excluding hydrogens is 232 g/mol. The predicted octanol–water partition coefficient (Wildman–Crippen LogP) is 2.32. The highest BCUT2D eigenvalue weighted by Crippen LogP contribution is 2.31. The molecule has 1 atom stereocenters. The summed E-state index contributed by atoms with van der Waals surface area (Å²) in [5, 5.41) is 8.78. The molecule has 0 aliphatic carbocycles. The van der Waals surface area contributed by atoms with E-state index < -0.39 is 12.2 Å². The van der Waals surface area contributed by atoms with Gasteiger partial charge in [-0.05, 0) is 26.0 Å². The van der Waals surface area contributed by atoms with E-state index >= 15 is 0 Å². The van der Waals surface area contributed by atoms with Crippen LogP contribution in [0.15, 0.2) is 24.3 Å². The van der Waals surface area contributed by atoms with Crippen LogP contribution in [0.25, 0.3) is 0 Å². The van der Waals surface area contributed by atoms with Crippen LogP contribution >= 0.6 is 0 Å². The van der Waals surface area contributed by atoms with Crippen LogP contribution in [0.2, 0.25) is 0 Å². The molecule has 18 heavy (non-hydrogen) atoms. The Hall–Kier alpha value is -2.22. The minimum Gasteiger partial charge on any atom is -0.489 e. The highest BCUT2D eigenvalue weighted by molar-refractivity contribution is 5.91. The smallest absolute Gasteiger partial charge is 0.415 e. The number of amides is 1. The van der Waals surface area contributed by atoms with Gasteiger partial charge in [-0.25, -0.2) is 4.79 Å². The SMILES string of the molecule is CC(C)Oc1ccccc1N1CC(C#N)OC1=O. The average molecular weight is 246 g/mol. The summed E-state index contributed by atoms with van der Waals surface area (Å²) in [6.45, 7) is 4.06. The number of nitriles is 1. The fourth-order valence-corrected chi connectivity index (χ4v) is 1.76. The zero-order valence-electron chi connectivity index (χ0n) is 10.3. The zero-order valence-corrected chi connectivity index (χ0v) is 10.3. The standard InChI is InChI=1S/C13H14N2O3/c1-9(2)17-12-6-4-3-5-11(12)15-8-10(7-14)18-13(15)16/h3-6,9-10H,8H2,1-2H3. The number of cyclic esters (lactones) is 1. The van der Waals surface area contributed by atoms with Crippen molar-refractivity contribution in [2.24, 2.45) is 0 Å². The zero-order chi connectivity index (χ0) is 13.1. The number of carbonyl (C=O) groups is 1. The van der Waals surface area contributed by atoms with E-state index in [1.54, 1.807) is 12.1 Å². The van der Waals surface area contributed by atoms with E-state index in [-0.39, 0.29) is 12.6 Å². The minimum absolute atomic E-state index is 0.0107. The molecule has 1 saturated heterocycles. The van der Waals surface area contributed by atoms with Crippen molar-refractivity contribution < 1.29 is 14.3 Å². The van der Waals surface area contributed by atoms with Crippen molar-refractivity contribution in [1.82, 2.24) is 0 Å². The largest absolute Gasteiger partial charge is 0.489 e. The first-order valence-corrected chi connectivity index (χ1v) is 5.75. The van der Waals surface area contributed by atoms with E-state index in [4.69, 9.17) is 14.7 Å². The Kier molecular flexibility index (Phi) is 3.38. The number of benzene rings is 1. The van der Waals surface area contributed by atoms with Crippen LogP contribution in [0.4, 0.5) is 10.5 Å². The number of hydrogen-bond acceptors (Lipinski definition) is 4. The van der Waals surface area contributed by atoms with Gasteiger partial charge in [0.2, 0.25) is 6.10 Å². The summed E-state index contributed by atoms with van der Waals surface area (Å²) in [5.74, 6) is 0.614. The molecule has 0 aromatic heterocycles. The normalized spacial score (nSPS) is 18.7. The number of ether oxygens (including phenoxy) is 2. The van der Waals surface area contributed by atoms with Gasteiger partial charge >= 0.3 is 6.09 Å². The van der Waals surface area contributed by atoms with Gasteiger partial charge in [-0.3, -0.25) is 4.90 Å². The molecule has 0 bridgehead atoms. The molecule has 2 rings (SSSR count). The molecular formula is C13H14N2O3. The molecule has 5 nitrogen and oxygen atoms in total. The van der Waals surface area contributed by atoms with Gasteiger partial charge in [0.1, 0.15) is 11.8 Å². The Morgan fingerprint density at radius 2 is 2.22 bits per heavy atom. The van der Waals surface area contributed by atoms with Crippen molar-refractivity contribution >= 4 is 11.8 Å². The monoisotopic (exact) mass is 246 g/mol. The van der Waals surface area contributed by atoms with Crippen LogP contribution in [0.5, 0.6) is 5.75 Å². The Morgan fingerprint density at radius 1 is 1.50 bits per heavy atom. The van der Waals surface area contributed by atoms with Gasteiger partial charge in [0.15, 0.2) is 0 Å². The molecule has 1 aromatic carbocycles. The molecule has 0 radical (unpaired) electrons. The van der Waals surface area contributed by atoms with Crippen molar-refractivity contribution in [3.8, 4) is 11.8 Å². The highest BCUT2D eigenvalue weighted by atomic mass is 16.6. The number of para-hydroxylation sites is 2. The van der Waals surface area contributed by atoms with Crippen molar-refractivity contribution in [2.45, 2.75) is 26.1 Å². The molecule has 1 aromatic rings. The lowest BCUT2D eigenvalue weighted by molar-refractivity contribution is 0.162. The minimum atomic E-state index is -0.718. The van der Waals surface area contributed by atoms with Gasteiger partial charge in [-0.2, -0.15) is 5.26 Å². The molecule has 94 valence electrons. The third-order valence-corrected chi connectivity index (χ3v) is 2.47. The second-order valence-corrected chi connectivity index (χ2v) is 4.25. The summed E-state index contributed by atoms with van der Waals surface area (Å²) < 4.78 is 10.6. The van der Waals surface area contributed by atoms with Crippen molar-refractivity contribution in [3.63, 3.8) is 0 Å². The van der Waals surface area contributed by atoms with Crippen LogP contribution in [-0.4, -0.2) is 24.8 Å². The molecule has 1 heterocycles. The maximum Gasteiger partial charge on any atom is 0.415 e. The van der Waals surface area contributed by atoms with Gasteiger partial charge in [0.05, 0.1) is 18.3 Å². The molecule has 5 heteroatoms. The maximum atomic E-state index is 11.7. The Bertz CT molecular complexity index is 493. The fraction of sp³-hybridized carbons (Fsp3) is 0.385. The third-order valence-electron chi connectivity index (χ3n) is 2.47. The number of anilines is 1. The van der Waals surface area contributed by atoms with E-state index in [1.807, 2.05) is 32.0 Å². The van der Waals surface area contributed by atoms with Gasteiger partial charge in [0.25, 0.3) is 0 Å². The van der Waals surface area contributed by atoms with Crippen LogP contribution in [0.1, 0.15) is 13.8 Å². The van der Waals surface area contributed by atoms with E-state index in [0.29, 0.717) is 11.4 Å². The molecule has 0 spiro atoms. The summed E-state index contributed by atoms with van der Waals surface area (Å²) in [4.78, 5) is 13.1. The number of hydrogen-bond donors (Lipinski definition) is 0. The predicted molar refractivity (Wildman–Crippen MR) is 65.4 cm³/mol. The summed E-state index contributed by atoms with van der Waals surface area (Å²) in [6, 6.07) is 9.15. The second-order valence-electron chi connectivity index (χ2n) is 4.25. The topological polar surface area (TPSA) is 62.6 Å². The van der Waals surface area contributed by atoms with E-state index in [1.165, 1.54) is 4.90 Å². The van der Waals surface area contributed by atoms with E-state index in [0.717, 1.165) is 0 Å². The Morgan fingerprint density at radius 3 is 2.83 bits per heavy atom. The molecule has 1 unspecified atom stereocenters. The maximum absolute atomic E-state index is 11.7. The first-order chi connectivity index (χ1) is 8.61. The van der Waals surface area contributed by atoms with Crippen molar-refractivity contribution in [3.05, 3.63) is 24.3 Å². The quantitative estimate of drug-likeness (QED) is 0.821. The Balaban J connectivity index is 2.28. The van der Waals surface area contributed by atoms with Gasteiger partial charge < -0.3 is 9.47 Å². The van der Waals surface area contributed by atoms with Crippen LogP contribution in [0.3, 0.4) is 0 Å². The molecule has 0 N–H and O–H groups in total. The lowest BCUT2D eigenvalue weighted by Crippen LogP contribution is -2.25. The van der Waals surface area contributed by atoms with E-state index in [2.05, 4.69) is 0 Å². The summed E-state index contributed by atoms with van der Waals surface area (Å²) in [7, 11) is 0. The number of rotatable bonds is 3. The lowest BCUT2D eigenvalue weighted by atomic mass is 10.2. The first-order valence-electron chi connectivity index (χ1n) is 5.75. The summed E-state index contributed by atoms with van der Waals surface area (Å²) >= 11 is 0. The summed E-state index contributed by atoms with van der Waals surface area (Å²) in [5.41, 5.74) is 0.633. The Labute approximate surface area is 106 Å². The first kappa shape index (κ1) is 12.2. The molecule has 0 saturated carbocycles. The molecule has 1 aliphatic rings. The van der Waals surface area contributed by atoms with E-state index in [9.17, 15) is 4.79 Å². The highest BCUT2D eigenvalue weighted by Gasteiger charge is 2.33. The van der Waals surface area contributed by atoms with Crippen LogP contribution < -0.4 is 9.64 Å². The second kappa shape index (κ2) is 4.96. The van der Waals surface area contributed by atoms with Gasteiger partial charge in [-0.1, -0.05) is 12.1 Å². The van der Waals surface area contributed by atoms with Crippen molar-refractivity contribution in [2.75, 3.05) is 11.4 Å². The third kappa shape index (κ3) is 2.38. The number of nitrogens with zero attached hydrogens (tertiary/aromatic N) is 2. The fourth-order valence-electron chi connectivity index (χ4n) is 1.76. The van der Waals surface area contributed by atoms with Crippen LogP contribution in [0, 0.1) is 11.3 Å². The van der Waals surface area contributed by atoms with Gasteiger partial charge in [-0.15, -0.1) is 0 Å². The molecule has 1 fully saturated rings. The number of carbonyl (C=O) groups excluding carboxylic acids is 1. The average Bonchev–Trinajstić information content (AvgIpc) is 2.70. The molecule has 1 amide bonds.